The van der Waals surface area contributed by atoms with E-state index < -0.39 is 11.7 Å². The fourth-order valence-electron chi connectivity index (χ4n) is 1.36. The third kappa shape index (κ3) is 5.29. The summed E-state index contributed by atoms with van der Waals surface area (Å²) in [5.74, 6) is 0.700. The number of carbonyl (C=O) groups excluding carboxylic acids is 1. The summed E-state index contributed by atoms with van der Waals surface area (Å²) in [4.78, 5) is 19.8. The summed E-state index contributed by atoms with van der Waals surface area (Å²) >= 11 is 0. The summed E-state index contributed by atoms with van der Waals surface area (Å²) in [6.45, 7) is 9.54. The molecule has 0 aromatic carbocycles. The van der Waals surface area contributed by atoms with Crippen molar-refractivity contribution >= 4 is 6.09 Å². The van der Waals surface area contributed by atoms with Crippen LogP contribution in [0.15, 0.2) is 6.07 Å². The monoisotopic (exact) mass is 237 g/mol. The first-order valence-corrected chi connectivity index (χ1v) is 5.54. The number of aromatic nitrogens is 2. The van der Waals surface area contributed by atoms with Crippen LogP contribution in [0.2, 0.25) is 0 Å². The van der Waals surface area contributed by atoms with Gasteiger partial charge in [-0.05, 0) is 40.7 Å². The molecule has 0 unspecified atom stereocenters. The van der Waals surface area contributed by atoms with Crippen LogP contribution in [0.25, 0.3) is 0 Å². The maximum atomic E-state index is 11.4. The maximum absolute atomic E-state index is 11.4. The molecule has 5 nitrogen and oxygen atoms in total. The summed E-state index contributed by atoms with van der Waals surface area (Å²) in [6, 6.07) is 1.84. The van der Waals surface area contributed by atoms with E-state index in [9.17, 15) is 4.79 Å². The van der Waals surface area contributed by atoms with Gasteiger partial charge in [0, 0.05) is 5.69 Å². The molecule has 1 heterocycles. The molecule has 1 amide bonds. The van der Waals surface area contributed by atoms with Gasteiger partial charge in [-0.3, -0.25) is 0 Å². The third-order valence-corrected chi connectivity index (χ3v) is 1.83. The standard InChI is InChI=1S/C12H19N3O2/c1-8-6-10(15-9(2)14-8)7-13-11(16)17-12(3,4)5/h6H,7H2,1-5H3,(H,13,16). The zero-order valence-corrected chi connectivity index (χ0v) is 11.0. The van der Waals surface area contributed by atoms with Crippen molar-refractivity contribution in [3.63, 3.8) is 0 Å². The third-order valence-electron chi connectivity index (χ3n) is 1.83. The topological polar surface area (TPSA) is 64.1 Å². The first-order valence-electron chi connectivity index (χ1n) is 5.54. The average molecular weight is 237 g/mol. The van der Waals surface area contributed by atoms with Crippen LogP contribution in [0.5, 0.6) is 0 Å². The van der Waals surface area contributed by atoms with Crippen molar-refractivity contribution < 1.29 is 9.53 Å². The van der Waals surface area contributed by atoms with Crippen molar-refractivity contribution in [2.45, 2.75) is 46.8 Å². The Balaban J connectivity index is 2.53. The minimum absolute atomic E-state index is 0.346. The van der Waals surface area contributed by atoms with Gasteiger partial charge in [-0.15, -0.1) is 0 Å². The van der Waals surface area contributed by atoms with Gasteiger partial charge in [-0.1, -0.05) is 0 Å². The Bertz CT molecular complexity index is 390. The summed E-state index contributed by atoms with van der Waals surface area (Å²) in [7, 11) is 0. The lowest BCUT2D eigenvalue weighted by molar-refractivity contribution is 0.0523. The van der Waals surface area contributed by atoms with Crippen LogP contribution in [0.1, 0.15) is 38.0 Å². The highest BCUT2D eigenvalue weighted by Gasteiger charge is 2.15. The zero-order valence-electron chi connectivity index (χ0n) is 11.0. The molecule has 0 aliphatic carbocycles. The van der Waals surface area contributed by atoms with Gasteiger partial charge in [0.1, 0.15) is 11.4 Å². The highest BCUT2D eigenvalue weighted by atomic mass is 16.6. The Morgan fingerprint density at radius 1 is 1.35 bits per heavy atom. The van der Waals surface area contributed by atoms with Crippen LogP contribution in [-0.4, -0.2) is 21.7 Å². The van der Waals surface area contributed by atoms with Gasteiger partial charge in [0.15, 0.2) is 0 Å². The molecule has 0 aliphatic heterocycles. The first-order chi connectivity index (χ1) is 7.76. The molecular formula is C12H19N3O2. The summed E-state index contributed by atoms with van der Waals surface area (Å²) in [6.07, 6.45) is -0.439. The SMILES string of the molecule is Cc1cc(CNC(=O)OC(C)(C)C)nc(C)n1. The highest BCUT2D eigenvalue weighted by Crippen LogP contribution is 2.07. The van der Waals surface area contributed by atoms with E-state index in [2.05, 4.69) is 15.3 Å². The second-order valence-corrected chi connectivity index (χ2v) is 4.90. The van der Waals surface area contributed by atoms with E-state index in [1.54, 1.807) is 0 Å². The molecule has 0 radical (unpaired) electrons. The van der Waals surface area contributed by atoms with Crippen molar-refractivity contribution in [3.8, 4) is 0 Å². The highest BCUT2D eigenvalue weighted by molar-refractivity contribution is 5.67. The molecule has 1 aromatic rings. The lowest BCUT2D eigenvalue weighted by Crippen LogP contribution is -2.32. The van der Waals surface area contributed by atoms with E-state index in [1.165, 1.54) is 0 Å². The molecule has 0 bridgehead atoms. The zero-order chi connectivity index (χ0) is 13.1. The Kier molecular flexibility index (Phi) is 4.04. The normalized spacial score (nSPS) is 11.1. The van der Waals surface area contributed by atoms with E-state index in [4.69, 9.17) is 4.74 Å². The van der Waals surface area contributed by atoms with Crippen LogP contribution in [0.3, 0.4) is 0 Å². The molecule has 0 aliphatic rings. The maximum Gasteiger partial charge on any atom is 0.407 e. The van der Waals surface area contributed by atoms with Gasteiger partial charge in [-0.25, -0.2) is 14.8 Å². The lowest BCUT2D eigenvalue weighted by Gasteiger charge is -2.19. The molecule has 0 atom stereocenters. The molecule has 0 saturated carbocycles. The second-order valence-electron chi connectivity index (χ2n) is 4.90. The lowest BCUT2D eigenvalue weighted by atomic mass is 10.2. The number of nitrogens with zero attached hydrogens (tertiary/aromatic N) is 2. The number of alkyl carbamates (subject to hydrolysis) is 1. The fraction of sp³-hybridized carbons (Fsp3) is 0.583. The van der Waals surface area contributed by atoms with Crippen LogP contribution >= 0.6 is 0 Å². The molecule has 1 aromatic heterocycles. The van der Waals surface area contributed by atoms with Gasteiger partial charge < -0.3 is 10.1 Å². The van der Waals surface area contributed by atoms with Crippen LogP contribution in [-0.2, 0) is 11.3 Å². The molecule has 0 spiro atoms. The summed E-state index contributed by atoms with van der Waals surface area (Å²) in [5.41, 5.74) is 1.18. The van der Waals surface area contributed by atoms with E-state index >= 15 is 0 Å². The molecular weight excluding hydrogens is 218 g/mol. The Morgan fingerprint density at radius 2 is 2.00 bits per heavy atom. The first kappa shape index (κ1) is 13.4. The van der Waals surface area contributed by atoms with Gasteiger partial charge >= 0.3 is 6.09 Å². The van der Waals surface area contributed by atoms with Gasteiger partial charge in [-0.2, -0.15) is 0 Å². The Morgan fingerprint density at radius 3 is 2.53 bits per heavy atom. The molecule has 5 heteroatoms. The van der Waals surface area contributed by atoms with Crippen molar-refractivity contribution in [2.75, 3.05) is 0 Å². The predicted octanol–water partition coefficient (Wildman–Crippen LogP) is 2.12. The number of amides is 1. The van der Waals surface area contributed by atoms with E-state index in [-0.39, 0.29) is 0 Å². The average Bonchev–Trinajstić information content (AvgIpc) is 2.10. The smallest absolute Gasteiger partial charge is 0.407 e. The van der Waals surface area contributed by atoms with E-state index in [0.29, 0.717) is 12.4 Å². The summed E-state index contributed by atoms with van der Waals surface area (Å²) < 4.78 is 5.13. The number of hydrogen-bond donors (Lipinski definition) is 1. The largest absolute Gasteiger partial charge is 0.444 e. The van der Waals surface area contributed by atoms with Gasteiger partial charge in [0.25, 0.3) is 0 Å². The Labute approximate surface area is 102 Å². The van der Waals surface area contributed by atoms with Crippen LogP contribution < -0.4 is 5.32 Å². The number of aryl methyl sites for hydroxylation is 2. The quantitative estimate of drug-likeness (QED) is 0.855. The van der Waals surface area contributed by atoms with E-state index in [1.807, 2.05) is 40.7 Å². The van der Waals surface area contributed by atoms with Crippen LogP contribution in [0.4, 0.5) is 4.79 Å². The predicted molar refractivity (Wildman–Crippen MR) is 64.6 cm³/mol. The second kappa shape index (κ2) is 5.12. The number of ether oxygens (including phenoxy) is 1. The van der Waals surface area contributed by atoms with Gasteiger partial charge in [0.05, 0.1) is 12.2 Å². The number of nitrogens with one attached hydrogen (secondary N) is 1. The minimum Gasteiger partial charge on any atom is -0.444 e. The molecule has 94 valence electrons. The van der Waals surface area contributed by atoms with Crippen molar-refractivity contribution in [1.29, 1.82) is 0 Å². The van der Waals surface area contributed by atoms with E-state index in [0.717, 1.165) is 11.4 Å². The molecule has 1 N–H and O–H groups in total. The molecule has 17 heavy (non-hydrogen) atoms. The Hall–Kier alpha value is -1.65. The molecule has 0 saturated heterocycles. The minimum atomic E-state index is -0.485. The number of hydrogen-bond acceptors (Lipinski definition) is 4. The van der Waals surface area contributed by atoms with Gasteiger partial charge in [0.2, 0.25) is 0 Å². The molecule has 0 fully saturated rings. The molecule has 1 rings (SSSR count). The van der Waals surface area contributed by atoms with Crippen molar-refractivity contribution in [3.05, 3.63) is 23.3 Å². The van der Waals surface area contributed by atoms with Crippen molar-refractivity contribution in [1.82, 2.24) is 15.3 Å². The fourth-order valence-corrected chi connectivity index (χ4v) is 1.36. The van der Waals surface area contributed by atoms with Crippen molar-refractivity contribution in [2.24, 2.45) is 0 Å². The summed E-state index contributed by atoms with van der Waals surface area (Å²) in [5, 5.41) is 2.66. The number of rotatable bonds is 2. The number of carbonyl (C=O) groups is 1. The van der Waals surface area contributed by atoms with Crippen LogP contribution in [0, 0.1) is 13.8 Å².